The normalized spacial score (nSPS) is 23.0. The van der Waals surface area contributed by atoms with Crippen molar-refractivity contribution in [1.29, 1.82) is 0 Å². The van der Waals surface area contributed by atoms with Crippen molar-refractivity contribution in [3.8, 4) is 24.0 Å². The van der Waals surface area contributed by atoms with Crippen LogP contribution in [0.4, 0.5) is 0 Å². The molecule has 0 aliphatic carbocycles. The van der Waals surface area contributed by atoms with Gasteiger partial charge in [-0.1, -0.05) is 11.6 Å². The minimum atomic E-state index is -1.06. The van der Waals surface area contributed by atoms with Gasteiger partial charge in [0, 0.05) is 17.5 Å². The summed E-state index contributed by atoms with van der Waals surface area (Å²) in [6, 6.07) is 4.90. The lowest BCUT2D eigenvalue weighted by Crippen LogP contribution is -2.38. The number of hydrogen-bond donors (Lipinski definition) is 4. The zero-order valence-corrected chi connectivity index (χ0v) is 16.2. The van der Waals surface area contributed by atoms with Gasteiger partial charge in [-0.2, -0.15) is 0 Å². The lowest BCUT2D eigenvalue weighted by molar-refractivity contribution is 0.0175. The summed E-state index contributed by atoms with van der Waals surface area (Å²) in [6.45, 7) is -0.00362. The number of hydrogen-bond acceptors (Lipinski definition) is 10. The predicted molar refractivity (Wildman–Crippen MR) is 106 cm³/mol. The second-order valence-electron chi connectivity index (χ2n) is 7.08. The fraction of sp³-hybridized carbons (Fsp3) is 0.350. The van der Waals surface area contributed by atoms with E-state index in [4.69, 9.17) is 20.3 Å². The van der Waals surface area contributed by atoms with Crippen LogP contribution in [-0.2, 0) is 13.2 Å². The van der Waals surface area contributed by atoms with Crippen molar-refractivity contribution >= 4 is 11.0 Å². The molecule has 1 aliphatic heterocycles. The van der Waals surface area contributed by atoms with E-state index >= 15 is 0 Å². The molecule has 0 spiro atoms. The molecule has 4 atom stereocenters. The van der Waals surface area contributed by atoms with Crippen LogP contribution in [0.1, 0.15) is 5.69 Å². The van der Waals surface area contributed by atoms with Crippen molar-refractivity contribution in [3.63, 3.8) is 0 Å². The topological polar surface area (TPSA) is 152 Å². The summed E-state index contributed by atoms with van der Waals surface area (Å²) in [5, 5.41) is 40.8. The number of aromatic nitrogens is 3. The SMILES string of the molecule is C#COc1cc2oc(=O)ccc2cc1OCc1cn(C[C@H]2N[C@H](CO)[C@@H](O)[C@@H]2O)nn1. The Kier molecular flexibility index (Phi) is 5.88. The number of nitrogens with zero attached hydrogens (tertiary/aromatic N) is 3. The van der Waals surface area contributed by atoms with Crippen molar-refractivity contribution in [2.24, 2.45) is 0 Å². The number of rotatable bonds is 7. The van der Waals surface area contributed by atoms with Gasteiger partial charge in [-0.15, -0.1) is 5.10 Å². The highest BCUT2D eigenvalue weighted by atomic mass is 16.5. The van der Waals surface area contributed by atoms with Crippen LogP contribution < -0.4 is 20.4 Å². The van der Waals surface area contributed by atoms with E-state index in [9.17, 15) is 20.1 Å². The van der Waals surface area contributed by atoms with Crippen LogP contribution >= 0.6 is 0 Å². The van der Waals surface area contributed by atoms with E-state index in [1.165, 1.54) is 16.8 Å². The molecule has 1 fully saturated rings. The average molecular weight is 428 g/mol. The number of aliphatic hydroxyl groups excluding tert-OH is 3. The quantitative estimate of drug-likeness (QED) is 0.272. The van der Waals surface area contributed by atoms with Crippen LogP contribution in [-0.4, -0.2) is 61.2 Å². The molecule has 162 valence electrons. The summed E-state index contributed by atoms with van der Waals surface area (Å²) < 4.78 is 17.5. The number of nitrogens with one attached hydrogen (secondary N) is 1. The third-order valence-corrected chi connectivity index (χ3v) is 5.00. The van der Waals surface area contributed by atoms with Crippen molar-refractivity contribution in [3.05, 3.63) is 46.6 Å². The fourth-order valence-electron chi connectivity index (χ4n) is 3.45. The first kappa shape index (κ1) is 20.8. The maximum Gasteiger partial charge on any atom is 0.336 e. The zero-order chi connectivity index (χ0) is 22.0. The monoisotopic (exact) mass is 428 g/mol. The highest BCUT2D eigenvalue weighted by molar-refractivity contribution is 5.80. The lowest BCUT2D eigenvalue weighted by Gasteiger charge is -2.15. The zero-order valence-electron chi connectivity index (χ0n) is 16.2. The van der Waals surface area contributed by atoms with Crippen LogP contribution in [0.5, 0.6) is 11.5 Å². The number of aliphatic hydroxyl groups is 3. The molecule has 1 saturated heterocycles. The summed E-state index contributed by atoms with van der Waals surface area (Å²) in [4.78, 5) is 11.4. The predicted octanol–water partition coefficient (Wildman–Crippen LogP) is -1.01. The molecule has 31 heavy (non-hydrogen) atoms. The molecular weight excluding hydrogens is 408 g/mol. The van der Waals surface area contributed by atoms with Gasteiger partial charge >= 0.3 is 5.63 Å². The van der Waals surface area contributed by atoms with Crippen LogP contribution in [0.15, 0.2) is 39.7 Å². The molecule has 4 N–H and O–H groups in total. The van der Waals surface area contributed by atoms with Crippen LogP contribution in [0.2, 0.25) is 0 Å². The highest BCUT2D eigenvalue weighted by Crippen LogP contribution is 2.32. The molecule has 1 aliphatic rings. The Morgan fingerprint density at radius 3 is 2.77 bits per heavy atom. The number of benzene rings is 1. The van der Waals surface area contributed by atoms with Gasteiger partial charge in [-0.3, -0.25) is 4.68 Å². The Labute approximate surface area is 175 Å². The molecule has 0 amide bonds. The van der Waals surface area contributed by atoms with Gasteiger partial charge in [0.15, 0.2) is 11.5 Å². The molecule has 0 radical (unpaired) electrons. The maximum atomic E-state index is 11.4. The van der Waals surface area contributed by atoms with E-state index in [1.54, 1.807) is 18.3 Å². The molecule has 0 saturated carbocycles. The summed E-state index contributed by atoms with van der Waals surface area (Å²) in [5.41, 5.74) is 0.310. The van der Waals surface area contributed by atoms with Crippen molar-refractivity contribution in [2.75, 3.05) is 6.61 Å². The molecular formula is C20H20N4O7. The van der Waals surface area contributed by atoms with Gasteiger partial charge in [0.1, 0.15) is 24.0 Å². The fourth-order valence-corrected chi connectivity index (χ4v) is 3.45. The van der Waals surface area contributed by atoms with Crippen LogP contribution in [0.3, 0.4) is 0 Å². The Morgan fingerprint density at radius 2 is 2.03 bits per heavy atom. The smallest absolute Gasteiger partial charge is 0.336 e. The standard InChI is InChI=1S/C20H20N4O7/c1-2-29-17-6-15-11(3-4-18(26)31-15)5-16(17)30-10-12-7-24(23-22-12)8-13-19(27)20(28)14(9-25)21-13/h1,3-7,13-14,19-21,25,27-28H,8-10H2/t13-,14-,19-,20-/m1/s1. The molecule has 4 rings (SSSR count). The Bertz CT molecular complexity index is 1170. The molecule has 1 aromatic carbocycles. The Hall–Kier alpha value is -3.43. The second kappa shape index (κ2) is 8.75. The minimum absolute atomic E-state index is 0.0474. The van der Waals surface area contributed by atoms with Crippen molar-refractivity contribution in [1.82, 2.24) is 20.3 Å². The lowest BCUT2D eigenvalue weighted by atomic mass is 10.1. The van der Waals surface area contributed by atoms with E-state index in [-0.39, 0.29) is 25.5 Å². The number of fused-ring (bicyclic) bond motifs is 1. The molecule has 2 aromatic heterocycles. The second-order valence-corrected chi connectivity index (χ2v) is 7.08. The maximum absolute atomic E-state index is 11.4. The van der Waals surface area contributed by atoms with E-state index < -0.39 is 29.9 Å². The molecule has 11 heteroatoms. The summed E-state index contributed by atoms with van der Waals surface area (Å²) >= 11 is 0. The summed E-state index contributed by atoms with van der Waals surface area (Å²) in [6.07, 6.45) is 6.82. The molecule has 11 nitrogen and oxygen atoms in total. The first-order valence-corrected chi connectivity index (χ1v) is 9.43. The molecule has 0 unspecified atom stereocenters. The number of terminal acetylenes is 1. The van der Waals surface area contributed by atoms with E-state index in [2.05, 4.69) is 21.7 Å². The van der Waals surface area contributed by atoms with Gasteiger partial charge in [-0.05, 0) is 12.1 Å². The summed E-state index contributed by atoms with van der Waals surface area (Å²) in [7, 11) is 0. The van der Waals surface area contributed by atoms with Crippen molar-refractivity contribution < 1.29 is 29.2 Å². The first-order valence-electron chi connectivity index (χ1n) is 9.43. The molecule has 0 bridgehead atoms. The Morgan fingerprint density at radius 1 is 1.23 bits per heavy atom. The average Bonchev–Trinajstić information content (AvgIpc) is 3.32. The van der Waals surface area contributed by atoms with Crippen LogP contribution in [0.25, 0.3) is 11.0 Å². The van der Waals surface area contributed by atoms with Gasteiger partial charge < -0.3 is 34.5 Å². The number of ether oxygens (including phenoxy) is 2. The first-order chi connectivity index (χ1) is 15.0. The minimum Gasteiger partial charge on any atom is -0.483 e. The Balaban J connectivity index is 1.45. The molecule has 3 aromatic rings. The van der Waals surface area contributed by atoms with Gasteiger partial charge in [0.25, 0.3) is 0 Å². The summed E-state index contributed by atoms with van der Waals surface area (Å²) in [5.74, 6) is 0.537. The van der Waals surface area contributed by atoms with Gasteiger partial charge in [0.05, 0.1) is 43.6 Å². The van der Waals surface area contributed by atoms with E-state index in [0.717, 1.165) is 0 Å². The van der Waals surface area contributed by atoms with Crippen molar-refractivity contribution in [2.45, 2.75) is 37.4 Å². The van der Waals surface area contributed by atoms with Crippen LogP contribution in [0, 0.1) is 12.5 Å². The van der Waals surface area contributed by atoms with E-state index in [0.29, 0.717) is 22.4 Å². The third-order valence-electron chi connectivity index (χ3n) is 5.00. The molecule has 3 heterocycles. The van der Waals surface area contributed by atoms with E-state index in [1.807, 2.05) is 0 Å². The highest BCUT2D eigenvalue weighted by Gasteiger charge is 2.40. The largest absolute Gasteiger partial charge is 0.483 e. The van der Waals surface area contributed by atoms with Gasteiger partial charge in [0.2, 0.25) is 0 Å². The third kappa shape index (κ3) is 4.37. The van der Waals surface area contributed by atoms with Gasteiger partial charge in [-0.25, -0.2) is 4.79 Å².